The summed E-state index contributed by atoms with van der Waals surface area (Å²) in [6.45, 7) is 3.97. The molecule has 94 heavy (non-hydrogen) atoms. The van der Waals surface area contributed by atoms with Gasteiger partial charge in [-0.15, -0.1) is 0 Å². The molecule has 0 bridgehead atoms. The van der Waals surface area contributed by atoms with E-state index < -0.39 is 32.5 Å². The van der Waals surface area contributed by atoms with Gasteiger partial charge in [-0.2, -0.15) is 0 Å². The molecule has 0 aliphatic heterocycles. The number of ether oxygens (including phenoxy) is 2. The van der Waals surface area contributed by atoms with Crippen molar-refractivity contribution in [2.75, 3.05) is 47.5 Å². The van der Waals surface area contributed by atoms with Crippen molar-refractivity contribution in [2.24, 2.45) is 0 Å². The summed E-state index contributed by atoms with van der Waals surface area (Å²) >= 11 is 0. The van der Waals surface area contributed by atoms with E-state index in [-0.39, 0.29) is 26.1 Å². The summed E-state index contributed by atoms with van der Waals surface area (Å²) in [5.41, 5.74) is 0. The summed E-state index contributed by atoms with van der Waals surface area (Å²) in [6.07, 6.45) is 113. The highest BCUT2D eigenvalue weighted by atomic mass is 31.2. The number of carbonyl (C=O) groups is 2. The second-order valence-corrected chi connectivity index (χ2v) is 26.2. The number of allylic oxidation sites excluding steroid dienone is 34. The number of phosphoric acid groups is 1. The summed E-state index contributed by atoms with van der Waals surface area (Å²) in [7, 11) is 1.13. The maximum atomic E-state index is 12.9. The normalized spacial score (nSPS) is 14.3. The van der Waals surface area contributed by atoms with E-state index in [1.54, 1.807) is 0 Å². The van der Waals surface area contributed by atoms with Crippen molar-refractivity contribution in [1.29, 1.82) is 0 Å². The molecule has 0 saturated carbocycles. The third kappa shape index (κ3) is 75.6. The molecule has 0 radical (unpaired) electrons. The third-order valence-electron chi connectivity index (χ3n) is 14.8. The first kappa shape index (κ1) is 88.6. The monoisotopic (exact) mass is 1320 g/mol. The lowest BCUT2D eigenvalue weighted by Gasteiger charge is -2.28. The van der Waals surface area contributed by atoms with E-state index in [0.717, 1.165) is 167 Å². The van der Waals surface area contributed by atoms with Crippen molar-refractivity contribution >= 4 is 19.8 Å². The molecule has 0 aromatic rings. The van der Waals surface area contributed by atoms with Gasteiger partial charge >= 0.3 is 11.9 Å². The summed E-state index contributed by atoms with van der Waals surface area (Å²) in [6, 6.07) is 0. The minimum atomic E-state index is -4.66. The van der Waals surface area contributed by atoms with Crippen LogP contribution in [0.5, 0.6) is 0 Å². The topological polar surface area (TPSA) is 111 Å². The van der Waals surface area contributed by atoms with Gasteiger partial charge in [0.15, 0.2) is 6.10 Å². The van der Waals surface area contributed by atoms with Gasteiger partial charge in [0.05, 0.1) is 27.7 Å². The van der Waals surface area contributed by atoms with Gasteiger partial charge in [-0.25, -0.2) is 0 Å². The van der Waals surface area contributed by atoms with Gasteiger partial charge in [0.25, 0.3) is 7.82 Å². The summed E-state index contributed by atoms with van der Waals surface area (Å²) in [5, 5.41) is 0. The van der Waals surface area contributed by atoms with Crippen LogP contribution in [0.15, 0.2) is 207 Å². The number of likely N-dealkylation sites (N-methyl/N-ethyl adjacent to an activating group) is 1. The number of rotatable bonds is 65. The van der Waals surface area contributed by atoms with Crippen LogP contribution >= 0.6 is 7.82 Å². The van der Waals surface area contributed by atoms with Crippen LogP contribution in [0.1, 0.15) is 258 Å². The second-order valence-electron chi connectivity index (χ2n) is 24.8. The summed E-state index contributed by atoms with van der Waals surface area (Å²) < 4.78 is 34.3. The lowest BCUT2D eigenvalue weighted by Crippen LogP contribution is -2.37. The molecule has 0 saturated heterocycles. The van der Waals surface area contributed by atoms with E-state index in [2.05, 4.69) is 220 Å². The molecule has 0 fully saturated rings. The average Bonchev–Trinajstić information content (AvgIpc) is 1.57. The van der Waals surface area contributed by atoms with E-state index >= 15 is 0 Å². The molecule has 528 valence electrons. The van der Waals surface area contributed by atoms with Crippen molar-refractivity contribution in [1.82, 2.24) is 0 Å². The van der Waals surface area contributed by atoms with Crippen molar-refractivity contribution < 1.29 is 42.1 Å². The molecule has 0 aromatic heterocycles. The smallest absolute Gasteiger partial charge is 0.306 e. The quantitative estimate of drug-likeness (QED) is 0.0195. The minimum Gasteiger partial charge on any atom is -0.756 e. The Hall–Kier alpha value is -5.41. The summed E-state index contributed by atoms with van der Waals surface area (Å²) in [5.74, 6) is -0.864. The van der Waals surface area contributed by atoms with Crippen molar-refractivity contribution in [2.45, 2.75) is 264 Å². The molecule has 10 heteroatoms. The number of esters is 2. The lowest BCUT2D eigenvalue weighted by molar-refractivity contribution is -0.870. The fourth-order valence-corrected chi connectivity index (χ4v) is 9.98. The van der Waals surface area contributed by atoms with Crippen molar-refractivity contribution in [3.8, 4) is 0 Å². The van der Waals surface area contributed by atoms with Crippen LogP contribution in [0.25, 0.3) is 0 Å². The fourth-order valence-electron chi connectivity index (χ4n) is 9.25. The second kappa shape index (κ2) is 71.9. The lowest BCUT2D eigenvalue weighted by atomic mass is 10.1. The van der Waals surface area contributed by atoms with Gasteiger partial charge in [-0.3, -0.25) is 14.2 Å². The molecule has 0 N–H and O–H groups in total. The van der Waals surface area contributed by atoms with Gasteiger partial charge < -0.3 is 27.9 Å². The Morgan fingerprint density at radius 1 is 0.330 bits per heavy atom. The Balaban J connectivity index is 4.15. The van der Waals surface area contributed by atoms with Crippen LogP contribution in [-0.4, -0.2) is 70.0 Å². The largest absolute Gasteiger partial charge is 0.756 e. The number of unbranched alkanes of at least 4 members (excludes halogenated alkanes) is 17. The minimum absolute atomic E-state index is 0.0448. The Kier molecular flexibility index (Phi) is 67.7. The molecule has 2 atom stereocenters. The van der Waals surface area contributed by atoms with Crippen LogP contribution in [0.4, 0.5) is 0 Å². The molecular formula is C84H134NO8P. The standard InChI is InChI=1S/C84H134NO8P/c1-6-8-10-12-14-16-18-20-22-24-26-28-30-32-34-36-37-38-39-40-41-42-43-44-45-46-47-49-51-53-55-57-59-61-63-65-67-69-71-73-75-77-84(87)93-82(81-92-94(88,89)91-79-78-85(3,4)5)80-90-83(86)76-74-72-70-68-66-64-62-60-58-56-54-52-50-48-35-33-31-29-27-25-23-21-19-17-15-13-11-9-7-2/h8-11,14-17,20-23,26-29,32-35,37-38,40-41,43-44,46-47,50-53,57,59,82H,6-7,12-13,18-19,24-25,30-31,36,39,42,45,48-49,54-56,58,60-81H2,1-5H3/b10-8-,11-9-,16-14-,17-15-,22-20-,23-21-,28-26-,29-27-,34-32-,35-33-,38-37-,41-40-,44-43-,47-46-,52-50-,53-51-,59-57-. The third-order valence-corrected chi connectivity index (χ3v) is 15.8. The molecule has 0 amide bonds. The molecular weight excluding hydrogens is 1180 g/mol. The molecule has 0 aromatic carbocycles. The van der Waals surface area contributed by atoms with Gasteiger partial charge in [0.2, 0.25) is 0 Å². The van der Waals surface area contributed by atoms with Gasteiger partial charge in [-0.05, 0) is 148 Å². The molecule has 0 rings (SSSR count). The predicted molar refractivity (Wildman–Crippen MR) is 405 cm³/mol. The van der Waals surface area contributed by atoms with E-state index in [1.807, 2.05) is 21.1 Å². The molecule has 2 unspecified atom stereocenters. The maximum absolute atomic E-state index is 12.9. The molecule has 0 heterocycles. The number of hydrogen-bond acceptors (Lipinski definition) is 8. The summed E-state index contributed by atoms with van der Waals surface area (Å²) in [4.78, 5) is 38.1. The highest BCUT2D eigenvalue weighted by molar-refractivity contribution is 7.45. The molecule has 0 spiro atoms. The van der Waals surface area contributed by atoms with E-state index in [0.29, 0.717) is 23.9 Å². The Labute approximate surface area is 576 Å². The molecule has 0 aliphatic rings. The van der Waals surface area contributed by atoms with Crippen LogP contribution in [0, 0.1) is 0 Å². The van der Waals surface area contributed by atoms with E-state index in [1.165, 1.54) is 51.4 Å². The van der Waals surface area contributed by atoms with Gasteiger partial charge in [0, 0.05) is 12.8 Å². The first-order valence-electron chi connectivity index (χ1n) is 36.8. The highest BCUT2D eigenvalue weighted by Crippen LogP contribution is 2.38. The van der Waals surface area contributed by atoms with Gasteiger partial charge in [0.1, 0.15) is 19.8 Å². The number of nitrogens with zero attached hydrogens (tertiary/aromatic N) is 1. The van der Waals surface area contributed by atoms with Crippen LogP contribution in [-0.2, 0) is 32.7 Å². The van der Waals surface area contributed by atoms with Gasteiger partial charge in [-0.1, -0.05) is 304 Å². The van der Waals surface area contributed by atoms with E-state index in [9.17, 15) is 19.0 Å². The fraction of sp³-hybridized carbons (Fsp3) is 0.571. The van der Waals surface area contributed by atoms with E-state index in [4.69, 9.17) is 18.5 Å². The molecule has 9 nitrogen and oxygen atoms in total. The Morgan fingerprint density at radius 3 is 0.851 bits per heavy atom. The van der Waals surface area contributed by atoms with Crippen LogP contribution in [0.3, 0.4) is 0 Å². The van der Waals surface area contributed by atoms with Crippen LogP contribution < -0.4 is 4.89 Å². The van der Waals surface area contributed by atoms with Crippen molar-refractivity contribution in [3.63, 3.8) is 0 Å². The number of carbonyl (C=O) groups excluding carboxylic acids is 2. The number of phosphoric ester groups is 1. The number of quaternary nitrogens is 1. The SMILES string of the molecule is CC/C=C\C/C=C\C/C=C\C/C=C\C/C=C\C/C=C\C/C=C\C/C=C\C/C=C\C/C=C\C/C=C\CCCCCCCCCC(=O)OC(COC(=O)CCCCCCCCCCCC/C=C\C/C=C\C/C=C\C/C=C\C/C=C\C/C=C\CC)COP(=O)([O-])OCC[N+](C)(C)C. The van der Waals surface area contributed by atoms with Crippen LogP contribution in [0.2, 0.25) is 0 Å². The Morgan fingerprint density at radius 2 is 0.574 bits per heavy atom. The van der Waals surface area contributed by atoms with Crippen molar-refractivity contribution in [3.05, 3.63) is 207 Å². The Bertz CT molecular complexity index is 2340. The first-order valence-corrected chi connectivity index (χ1v) is 38.3. The zero-order valence-electron chi connectivity index (χ0n) is 60.1. The molecule has 0 aliphatic carbocycles. The first-order chi connectivity index (χ1) is 46.0. The predicted octanol–water partition coefficient (Wildman–Crippen LogP) is 24.0. The average molecular weight is 1320 g/mol. The zero-order chi connectivity index (χ0) is 68.3. The maximum Gasteiger partial charge on any atom is 0.306 e. The zero-order valence-corrected chi connectivity index (χ0v) is 61.0. The number of hydrogen-bond donors (Lipinski definition) is 0. The highest BCUT2D eigenvalue weighted by Gasteiger charge is 2.22.